The van der Waals surface area contributed by atoms with Gasteiger partial charge in [-0.2, -0.15) is 10.2 Å². The summed E-state index contributed by atoms with van der Waals surface area (Å²) in [4.78, 5) is 64.4. The second-order valence-corrected chi connectivity index (χ2v) is 15.3. The molecule has 2 aliphatic rings. The fourth-order valence-electron chi connectivity index (χ4n) is 7.49. The van der Waals surface area contributed by atoms with Crippen molar-refractivity contribution in [1.82, 2.24) is 58.6 Å². The topological polar surface area (TPSA) is 243 Å². The third-order valence-corrected chi connectivity index (χ3v) is 10.9. The zero-order chi connectivity index (χ0) is 51.1. The lowest BCUT2D eigenvalue weighted by Gasteiger charge is -2.26. The predicted octanol–water partition coefficient (Wildman–Crippen LogP) is 4.06. The van der Waals surface area contributed by atoms with E-state index in [-0.39, 0.29) is 45.8 Å². The molecule has 10 rings (SSSR count). The lowest BCUT2D eigenvalue weighted by molar-refractivity contribution is 0.0300. The van der Waals surface area contributed by atoms with Crippen LogP contribution in [0.3, 0.4) is 0 Å². The van der Waals surface area contributed by atoms with Gasteiger partial charge in [0, 0.05) is 88.7 Å². The van der Waals surface area contributed by atoms with E-state index in [4.69, 9.17) is 19.7 Å². The number of aromatic hydroxyl groups is 1. The number of anilines is 2. The highest BCUT2D eigenvalue weighted by Gasteiger charge is 2.29. The highest BCUT2D eigenvalue weighted by molar-refractivity contribution is 6.12. The molecule has 68 heavy (non-hydrogen) atoms. The van der Waals surface area contributed by atoms with E-state index in [1.54, 1.807) is 108 Å². The number of hydrogen-bond donors (Lipinski definition) is 3. The summed E-state index contributed by atoms with van der Waals surface area (Å²) >= 11 is 0. The van der Waals surface area contributed by atoms with Crippen molar-refractivity contribution in [2.45, 2.75) is 7.40 Å². The number of fused-ring (bicyclic) bond motifs is 2. The van der Waals surface area contributed by atoms with Gasteiger partial charge in [0.2, 0.25) is 0 Å². The molecule has 350 valence electrons. The molecule has 8 heterocycles. The Bertz CT molecular complexity index is 3270. The third kappa shape index (κ3) is 9.71. The number of ether oxygens (including phenoxy) is 3. The molecular weight excluding hydrogens is 877 g/mol. The lowest BCUT2D eigenvalue weighted by Crippen LogP contribution is -2.41. The quantitative estimate of drug-likeness (QED) is 0.185. The van der Waals surface area contributed by atoms with Crippen molar-refractivity contribution in [3.05, 3.63) is 120 Å². The number of nitrogens with one attached hydrogen (secondary N) is 2. The summed E-state index contributed by atoms with van der Waals surface area (Å²) in [6, 6.07) is 19.8. The first kappa shape index (κ1) is 41.0. The standard InChI is InChI=1S/C23H23N7O4.C22H21N7O4.CH4/c1-28-20(18(14-24-28)23(32)29-8-10-34-11-9-29)22(31)25-16-6-7-30-19(13-16)26-21(27-30)15-4-3-5-17(12-15)33-2;1-27-19(17(13-23-27)22(32)28-7-9-33-10-8-28)21(31)24-15-5-6-29-18(12-15)25-20(26-29)14-3-2-4-16(30)11-14;/h3-7,12-14H,8-11H2,1-2H3,(H,25,31);2-6,11-13,30H,7-10H2,1H3,(H,24,31);1H4/i2T3;;1T. The van der Waals surface area contributed by atoms with Crippen molar-refractivity contribution in [2.24, 2.45) is 14.1 Å². The smallest absolute Gasteiger partial charge is 0.274 e. The number of morpholine rings is 2. The average molecular weight is 933 g/mol. The lowest BCUT2D eigenvalue weighted by atomic mass is 10.2. The SMILES string of the molecule is Cn1ncc(C(=O)N2CCOCC2)c1C(=O)Nc1ccn2nc(-c3cccc(O)c3)nc2c1.[3H]C.[3H]C([3H])([3H])Oc1cccc(-c2nc3cc(NC(=O)c4c(C(=O)N5CCOCC5)cnn4C)ccn3n2)c1. The highest BCUT2D eigenvalue weighted by atomic mass is 16.5. The summed E-state index contributed by atoms with van der Waals surface area (Å²) < 4.78 is 49.0. The van der Waals surface area contributed by atoms with Gasteiger partial charge in [0.1, 0.15) is 22.9 Å². The number of aromatic nitrogens is 10. The minimum atomic E-state index is -2.57. The summed E-state index contributed by atoms with van der Waals surface area (Å²) in [6.07, 6.45) is 6.11. The van der Waals surface area contributed by atoms with Crippen LogP contribution in [-0.2, 0) is 23.6 Å². The minimum Gasteiger partial charge on any atom is -0.508 e. The number of hydrogen-bond acceptors (Lipinski definition) is 14. The van der Waals surface area contributed by atoms with Gasteiger partial charge in [0.05, 0.1) is 61.1 Å². The molecule has 22 nitrogen and oxygen atoms in total. The van der Waals surface area contributed by atoms with E-state index >= 15 is 0 Å². The Hall–Kier alpha value is -8.50. The van der Waals surface area contributed by atoms with Crippen LogP contribution in [0.15, 0.2) is 97.6 Å². The van der Waals surface area contributed by atoms with Gasteiger partial charge in [0.25, 0.3) is 23.6 Å². The van der Waals surface area contributed by atoms with Gasteiger partial charge in [-0.15, -0.1) is 10.2 Å². The van der Waals surface area contributed by atoms with Crippen LogP contribution in [0, 0.1) is 0 Å². The molecular formula is C46H48N14O8. The zero-order valence-electron chi connectivity index (χ0n) is 41.1. The maximum absolute atomic E-state index is 13.1. The Morgan fingerprint density at radius 2 is 1.15 bits per heavy atom. The number of amides is 4. The van der Waals surface area contributed by atoms with Crippen molar-refractivity contribution in [2.75, 3.05) is 70.3 Å². The van der Waals surface area contributed by atoms with Gasteiger partial charge in [-0.3, -0.25) is 28.5 Å². The monoisotopic (exact) mass is 932 g/mol. The Balaban J connectivity index is 0.000000187. The van der Waals surface area contributed by atoms with Gasteiger partial charge in [0.15, 0.2) is 22.9 Å². The number of carbonyl (C=O) groups is 4. The van der Waals surface area contributed by atoms with E-state index in [1.165, 1.54) is 39.7 Å². The van der Waals surface area contributed by atoms with Gasteiger partial charge >= 0.3 is 0 Å². The molecule has 0 atom stereocenters. The zero-order valence-corrected chi connectivity index (χ0v) is 37.1. The number of pyridine rings is 2. The molecule has 4 amide bonds. The van der Waals surface area contributed by atoms with E-state index < -0.39 is 18.9 Å². The van der Waals surface area contributed by atoms with Crippen LogP contribution in [0.5, 0.6) is 11.5 Å². The van der Waals surface area contributed by atoms with E-state index in [9.17, 15) is 24.3 Å². The highest BCUT2D eigenvalue weighted by Crippen LogP contribution is 2.25. The van der Waals surface area contributed by atoms with Gasteiger partial charge in [-0.25, -0.2) is 19.0 Å². The Morgan fingerprint density at radius 3 is 1.62 bits per heavy atom. The normalized spacial score (nSPS) is 14.6. The summed E-state index contributed by atoms with van der Waals surface area (Å²) in [5.74, 6) is -0.382. The van der Waals surface area contributed by atoms with Crippen molar-refractivity contribution in [3.63, 3.8) is 0 Å². The van der Waals surface area contributed by atoms with E-state index in [1.807, 2.05) is 0 Å². The molecule has 2 aromatic carbocycles. The second-order valence-electron chi connectivity index (χ2n) is 15.3. The number of carbonyl (C=O) groups excluding carboxylic acids is 4. The maximum atomic E-state index is 13.1. The molecule has 6 aromatic heterocycles. The number of nitrogens with zero attached hydrogens (tertiary/aromatic N) is 12. The largest absolute Gasteiger partial charge is 0.508 e. The molecule has 0 unspecified atom stereocenters. The first-order valence-electron chi connectivity index (χ1n) is 23.4. The van der Waals surface area contributed by atoms with Crippen molar-refractivity contribution in [1.29, 1.82) is 0 Å². The fourth-order valence-corrected chi connectivity index (χ4v) is 7.49. The third-order valence-electron chi connectivity index (χ3n) is 10.9. The van der Waals surface area contributed by atoms with Crippen molar-refractivity contribution >= 4 is 46.3 Å². The number of methoxy groups -OCH3 is 1. The number of phenols is 1. The Morgan fingerprint density at radius 1 is 0.676 bits per heavy atom. The molecule has 2 fully saturated rings. The van der Waals surface area contributed by atoms with Crippen molar-refractivity contribution < 1.29 is 44.0 Å². The maximum Gasteiger partial charge on any atom is 0.274 e. The first-order valence-corrected chi connectivity index (χ1v) is 20.9. The number of benzene rings is 2. The molecule has 2 aliphatic heterocycles. The molecule has 0 spiro atoms. The number of aryl methyl sites for hydroxylation is 2. The van der Waals surface area contributed by atoms with Crippen LogP contribution < -0.4 is 15.4 Å². The van der Waals surface area contributed by atoms with Crippen LogP contribution in [0.25, 0.3) is 34.1 Å². The van der Waals surface area contributed by atoms with Crippen LogP contribution in [-0.4, -0.2) is 147 Å². The van der Waals surface area contributed by atoms with Crippen LogP contribution in [0.1, 0.15) is 54.6 Å². The summed E-state index contributed by atoms with van der Waals surface area (Å²) in [6.45, 7) is 3.68. The van der Waals surface area contributed by atoms with Crippen molar-refractivity contribution in [3.8, 4) is 34.3 Å². The molecule has 0 bridgehead atoms. The van der Waals surface area contributed by atoms with E-state index in [2.05, 4.69) is 41.0 Å². The van der Waals surface area contributed by atoms with Gasteiger partial charge in [-0.1, -0.05) is 31.7 Å². The Kier molecular flexibility index (Phi) is 12.0. The molecule has 8 aromatic rings. The second kappa shape index (κ2) is 19.9. The number of phenolic OH excluding ortho intramolecular Hbond substituents is 1. The van der Waals surface area contributed by atoms with Gasteiger partial charge < -0.3 is 39.8 Å². The first-order chi connectivity index (χ1) is 34.7. The van der Waals surface area contributed by atoms with Crippen LogP contribution >= 0.6 is 0 Å². The summed E-state index contributed by atoms with van der Waals surface area (Å²) in [5.41, 5.74) is 3.92. The molecule has 3 N–H and O–H groups in total. The molecule has 0 saturated carbocycles. The van der Waals surface area contributed by atoms with E-state index in [0.717, 1.165) is 0 Å². The molecule has 0 aliphatic carbocycles. The minimum absolute atomic E-state index is 0.123. The summed E-state index contributed by atoms with van der Waals surface area (Å²) in [5, 5.41) is 32.4. The number of rotatable bonds is 9. The molecule has 0 radical (unpaired) electrons. The summed E-state index contributed by atoms with van der Waals surface area (Å²) in [7, 11) is 1.90. The molecule has 2 saturated heterocycles. The van der Waals surface area contributed by atoms with Crippen LogP contribution in [0.2, 0.25) is 0 Å². The molecule has 22 heteroatoms. The Labute approximate surface area is 394 Å². The van der Waals surface area contributed by atoms with E-state index in [0.29, 0.717) is 98.1 Å². The average Bonchev–Trinajstić information content (AvgIpc) is 4.19. The predicted molar refractivity (Wildman–Crippen MR) is 248 cm³/mol. The van der Waals surface area contributed by atoms with Gasteiger partial charge in [-0.05, 0) is 36.4 Å². The fraction of sp³-hybridized carbons (Fsp3) is 0.261. The van der Waals surface area contributed by atoms with Crippen LogP contribution in [0.4, 0.5) is 11.4 Å².